The molecule has 1 spiro atoms. The molecule has 3 aliphatic rings. The summed E-state index contributed by atoms with van der Waals surface area (Å²) in [5, 5.41) is 10.0. The van der Waals surface area contributed by atoms with E-state index in [1.807, 2.05) is 23.5 Å². The number of rotatable bonds is 0. The first kappa shape index (κ1) is 10.5. The highest BCUT2D eigenvalue weighted by Crippen LogP contribution is 2.61. The quantitative estimate of drug-likeness (QED) is 0.706. The van der Waals surface area contributed by atoms with Crippen LogP contribution in [0, 0.1) is 11.8 Å². The fourth-order valence-corrected chi connectivity index (χ4v) is 7.16. The molecule has 0 bridgehead atoms. The number of aliphatic hydroxyl groups excluding tert-OH is 1. The van der Waals surface area contributed by atoms with Crippen LogP contribution in [-0.2, 0) is 4.79 Å². The molecular formula is C11H16O2S2. The molecule has 0 aromatic carbocycles. The Bertz CT molecular complexity index is 286. The third-order valence-electron chi connectivity index (χ3n) is 3.96. The Morgan fingerprint density at radius 1 is 1.33 bits per heavy atom. The molecule has 1 saturated heterocycles. The van der Waals surface area contributed by atoms with Crippen molar-refractivity contribution in [2.24, 2.45) is 11.8 Å². The minimum atomic E-state index is -0.358. The molecule has 1 aliphatic heterocycles. The Kier molecular flexibility index (Phi) is 2.57. The summed E-state index contributed by atoms with van der Waals surface area (Å²) in [5.41, 5.74) is 0. The second kappa shape index (κ2) is 3.67. The maximum atomic E-state index is 11.7. The zero-order chi connectivity index (χ0) is 10.5. The molecule has 0 aromatic heterocycles. The van der Waals surface area contributed by atoms with E-state index >= 15 is 0 Å². The molecule has 0 aromatic rings. The van der Waals surface area contributed by atoms with Crippen LogP contribution >= 0.6 is 23.5 Å². The van der Waals surface area contributed by atoms with Gasteiger partial charge in [-0.2, -0.15) is 0 Å². The van der Waals surface area contributed by atoms with Gasteiger partial charge >= 0.3 is 0 Å². The molecule has 4 heteroatoms. The minimum absolute atomic E-state index is 0.0249. The summed E-state index contributed by atoms with van der Waals surface area (Å²) in [6.07, 6.45) is 3.47. The van der Waals surface area contributed by atoms with Crippen molar-refractivity contribution < 1.29 is 9.90 Å². The SMILES string of the molecule is O=C1CC[C@@H]2[C@H]1[C@H](O)CC21SCCCS1. The number of carbonyl (C=O) groups is 1. The van der Waals surface area contributed by atoms with Crippen LogP contribution in [0.4, 0.5) is 0 Å². The average molecular weight is 244 g/mol. The predicted octanol–water partition coefficient (Wildman–Crippen LogP) is 1.91. The second-order valence-electron chi connectivity index (χ2n) is 4.77. The van der Waals surface area contributed by atoms with Crippen LogP contribution in [0.3, 0.4) is 0 Å². The molecule has 1 N–H and O–H groups in total. The first-order valence-electron chi connectivity index (χ1n) is 5.72. The molecule has 3 fully saturated rings. The summed E-state index contributed by atoms with van der Waals surface area (Å²) in [4.78, 5) is 11.7. The van der Waals surface area contributed by atoms with Crippen molar-refractivity contribution in [2.75, 3.05) is 11.5 Å². The molecular weight excluding hydrogens is 228 g/mol. The first-order chi connectivity index (χ1) is 7.23. The molecule has 3 atom stereocenters. The van der Waals surface area contributed by atoms with Crippen molar-refractivity contribution in [3.8, 4) is 0 Å². The van der Waals surface area contributed by atoms with Crippen LogP contribution in [0.1, 0.15) is 25.7 Å². The van der Waals surface area contributed by atoms with Gasteiger partial charge in [-0.3, -0.25) is 4.79 Å². The normalized spacial score (nSPS) is 43.5. The van der Waals surface area contributed by atoms with Crippen molar-refractivity contribution in [1.82, 2.24) is 0 Å². The number of ketones is 1. The average Bonchev–Trinajstić information content (AvgIpc) is 2.72. The van der Waals surface area contributed by atoms with E-state index < -0.39 is 0 Å². The maximum absolute atomic E-state index is 11.7. The summed E-state index contributed by atoms with van der Waals surface area (Å²) in [5.74, 6) is 3.16. The molecule has 0 unspecified atom stereocenters. The highest BCUT2D eigenvalue weighted by Gasteiger charge is 2.58. The smallest absolute Gasteiger partial charge is 0.138 e. The van der Waals surface area contributed by atoms with Gasteiger partial charge in [0.1, 0.15) is 5.78 Å². The van der Waals surface area contributed by atoms with Gasteiger partial charge < -0.3 is 5.11 Å². The first-order valence-corrected chi connectivity index (χ1v) is 7.69. The third-order valence-corrected chi connectivity index (χ3v) is 7.57. The van der Waals surface area contributed by atoms with Crippen molar-refractivity contribution >= 4 is 29.3 Å². The Morgan fingerprint density at radius 3 is 2.80 bits per heavy atom. The van der Waals surface area contributed by atoms with E-state index in [-0.39, 0.29) is 16.1 Å². The molecule has 2 nitrogen and oxygen atoms in total. The van der Waals surface area contributed by atoms with Gasteiger partial charge in [0.2, 0.25) is 0 Å². The molecule has 1 heterocycles. The highest BCUT2D eigenvalue weighted by atomic mass is 32.2. The Labute approximate surface area is 98.6 Å². The monoisotopic (exact) mass is 244 g/mol. The molecule has 2 saturated carbocycles. The number of fused-ring (bicyclic) bond motifs is 2. The lowest BCUT2D eigenvalue weighted by Gasteiger charge is -2.36. The molecule has 0 radical (unpaired) electrons. The van der Waals surface area contributed by atoms with E-state index in [0.29, 0.717) is 18.1 Å². The predicted molar refractivity (Wildman–Crippen MR) is 64.1 cm³/mol. The highest BCUT2D eigenvalue weighted by molar-refractivity contribution is 8.18. The van der Waals surface area contributed by atoms with E-state index in [4.69, 9.17) is 0 Å². The van der Waals surface area contributed by atoms with E-state index in [9.17, 15) is 9.90 Å². The van der Waals surface area contributed by atoms with Gasteiger partial charge in [0.05, 0.1) is 10.2 Å². The Balaban J connectivity index is 1.89. The topological polar surface area (TPSA) is 37.3 Å². The molecule has 15 heavy (non-hydrogen) atoms. The van der Waals surface area contributed by atoms with Crippen LogP contribution in [0.2, 0.25) is 0 Å². The van der Waals surface area contributed by atoms with Crippen LogP contribution < -0.4 is 0 Å². The van der Waals surface area contributed by atoms with Crippen molar-refractivity contribution in [1.29, 1.82) is 0 Å². The van der Waals surface area contributed by atoms with Crippen molar-refractivity contribution in [3.05, 3.63) is 0 Å². The number of aliphatic hydroxyl groups is 1. The fraction of sp³-hybridized carbons (Fsp3) is 0.909. The molecule has 3 rings (SSSR count). The third kappa shape index (κ3) is 1.48. The van der Waals surface area contributed by atoms with Gasteiger partial charge in [-0.1, -0.05) is 0 Å². The summed E-state index contributed by atoms with van der Waals surface area (Å²) in [6.45, 7) is 0. The van der Waals surface area contributed by atoms with Gasteiger partial charge in [-0.25, -0.2) is 0 Å². The van der Waals surface area contributed by atoms with Gasteiger partial charge in [0.15, 0.2) is 0 Å². The lowest BCUT2D eigenvalue weighted by Crippen LogP contribution is -2.30. The largest absolute Gasteiger partial charge is 0.392 e. The summed E-state index contributed by atoms with van der Waals surface area (Å²) < 4.78 is 0.189. The fourth-order valence-electron chi connectivity index (χ4n) is 3.34. The maximum Gasteiger partial charge on any atom is 0.138 e. The van der Waals surface area contributed by atoms with Gasteiger partial charge in [-0.15, -0.1) is 23.5 Å². The van der Waals surface area contributed by atoms with E-state index in [2.05, 4.69) is 0 Å². The van der Waals surface area contributed by atoms with Crippen molar-refractivity contribution in [2.45, 2.75) is 35.9 Å². The lowest BCUT2D eigenvalue weighted by atomic mass is 9.98. The number of Topliss-reactive ketones (excluding diaryl/α,β-unsaturated/α-hetero) is 1. The summed E-state index contributed by atoms with van der Waals surface area (Å²) >= 11 is 4.01. The number of hydrogen-bond acceptors (Lipinski definition) is 4. The van der Waals surface area contributed by atoms with Gasteiger partial charge in [0.25, 0.3) is 0 Å². The number of carbonyl (C=O) groups excluding carboxylic acids is 1. The van der Waals surface area contributed by atoms with Crippen LogP contribution in [0.25, 0.3) is 0 Å². The molecule has 84 valence electrons. The van der Waals surface area contributed by atoms with Crippen LogP contribution in [0.5, 0.6) is 0 Å². The minimum Gasteiger partial charge on any atom is -0.392 e. The standard InChI is InChI=1S/C11H16O2S2/c12-8-3-2-7-10(8)9(13)6-11(7)14-4-1-5-15-11/h7,9-10,13H,1-6H2/t7-,9-,10-/m1/s1. The summed E-state index contributed by atoms with van der Waals surface area (Å²) in [6, 6.07) is 0. The van der Waals surface area contributed by atoms with E-state index in [1.165, 1.54) is 17.9 Å². The summed E-state index contributed by atoms with van der Waals surface area (Å²) in [7, 11) is 0. The number of thioether (sulfide) groups is 2. The Morgan fingerprint density at radius 2 is 2.07 bits per heavy atom. The Hall–Kier alpha value is 0.330. The van der Waals surface area contributed by atoms with E-state index in [1.54, 1.807) is 0 Å². The van der Waals surface area contributed by atoms with E-state index in [0.717, 1.165) is 12.8 Å². The molecule has 2 aliphatic carbocycles. The van der Waals surface area contributed by atoms with Gasteiger partial charge in [0, 0.05) is 12.3 Å². The van der Waals surface area contributed by atoms with Crippen LogP contribution in [0.15, 0.2) is 0 Å². The zero-order valence-electron chi connectivity index (χ0n) is 8.65. The van der Waals surface area contributed by atoms with Crippen molar-refractivity contribution in [3.63, 3.8) is 0 Å². The zero-order valence-corrected chi connectivity index (χ0v) is 10.3. The molecule has 0 amide bonds. The number of hydrogen-bond donors (Lipinski definition) is 1. The van der Waals surface area contributed by atoms with Crippen LogP contribution in [-0.4, -0.2) is 32.6 Å². The second-order valence-corrected chi connectivity index (χ2v) is 7.88. The lowest BCUT2D eigenvalue weighted by molar-refractivity contribution is -0.123. The van der Waals surface area contributed by atoms with Gasteiger partial charge in [-0.05, 0) is 36.7 Å².